The molecule has 1 aromatic carbocycles. The van der Waals surface area contributed by atoms with Crippen molar-refractivity contribution in [2.24, 2.45) is 0 Å². The second kappa shape index (κ2) is 5.58. The maximum Gasteiger partial charge on any atom is 0.127 e. The highest BCUT2D eigenvalue weighted by Crippen LogP contribution is 2.30. The van der Waals surface area contributed by atoms with E-state index in [1.165, 1.54) is 0 Å². The second-order valence-corrected chi connectivity index (χ2v) is 5.08. The van der Waals surface area contributed by atoms with Gasteiger partial charge in [-0.2, -0.15) is 0 Å². The van der Waals surface area contributed by atoms with Crippen LogP contribution in [-0.2, 0) is 6.42 Å². The Morgan fingerprint density at radius 1 is 1.19 bits per heavy atom. The van der Waals surface area contributed by atoms with Crippen LogP contribution in [0, 0.1) is 0 Å². The molecule has 0 amide bonds. The smallest absolute Gasteiger partial charge is 0.127 e. The number of nitrogens with zero attached hydrogens (tertiary/aromatic N) is 2. The first-order valence-corrected chi connectivity index (χ1v) is 6.88. The van der Waals surface area contributed by atoms with Crippen LogP contribution in [0.1, 0.15) is 11.1 Å². The van der Waals surface area contributed by atoms with E-state index in [9.17, 15) is 0 Å². The number of rotatable bonds is 3. The summed E-state index contributed by atoms with van der Waals surface area (Å²) in [6, 6.07) is 11.2. The highest BCUT2D eigenvalue weighted by Gasteiger charge is 2.12. The van der Waals surface area contributed by atoms with Gasteiger partial charge in [0.05, 0.1) is 18.1 Å². The van der Waals surface area contributed by atoms with Gasteiger partial charge in [-0.05, 0) is 30.3 Å². The van der Waals surface area contributed by atoms with E-state index in [2.05, 4.69) is 9.97 Å². The lowest BCUT2D eigenvalue weighted by Crippen LogP contribution is -2.02. The van der Waals surface area contributed by atoms with Crippen molar-refractivity contribution < 1.29 is 4.74 Å². The maximum atomic E-state index is 6.27. The highest BCUT2D eigenvalue weighted by molar-refractivity contribution is 6.31. The molecule has 0 saturated heterocycles. The molecule has 0 bridgehead atoms. The van der Waals surface area contributed by atoms with Crippen LogP contribution in [0.3, 0.4) is 0 Å². The van der Waals surface area contributed by atoms with E-state index in [1.807, 2.05) is 36.4 Å². The number of halogens is 1. The number of nitrogens with two attached hydrogens (primary N) is 1. The summed E-state index contributed by atoms with van der Waals surface area (Å²) in [5.41, 5.74) is 9.42. The first-order chi connectivity index (χ1) is 10.2. The van der Waals surface area contributed by atoms with Gasteiger partial charge in [0.1, 0.15) is 11.6 Å². The van der Waals surface area contributed by atoms with Gasteiger partial charge in [0.2, 0.25) is 0 Å². The van der Waals surface area contributed by atoms with Crippen molar-refractivity contribution in [3.63, 3.8) is 0 Å². The van der Waals surface area contributed by atoms with Gasteiger partial charge in [0.15, 0.2) is 0 Å². The fourth-order valence-corrected chi connectivity index (χ4v) is 2.52. The summed E-state index contributed by atoms with van der Waals surface area (Å²) in [6.07, 6.45) is 2.29. The Hall–Kier alpha value is -2.33. The zero-order valence-corrected chi connectivity index (χ0v) is 12.3. The molecule has 0 saturated carbocycles. The Morgan fingerprint density at radius 2 is 2.05 bits per heavy atom. The van der Waals surface area contributed by atoms with Crippen molar-refractivity contribution >= 4 is 28.5 Å². The third-order valence-electron chi connectivity index (χ3n) is 3.36. The Kier molecular flexibility index (Phi) is 3.62. The fraction of sp³-hybridized carbons (Fsp3) is 0.125. The molecule has 0 aliphatic carbocycles. The molecule has 2 aromatic heterocycles. The van der Waals surface area contributed by atoms with E-state index < -0.39 is 0 Å². The number of aromatic nitrogens is 2. The molecule has 0 fully saturated rings. The fourth-order valence-electron chi connectivity index (χ4n) is 2.29. The van der Waals surface area contributed by atoms with E-state index in [1.54, 1.807) is 13.3 Å². The van der Waals surface area contributed by atoms with Gasteiger partial charge in [-0.15, -0.1) is 0 Å². The number of ether oxygens (including phenoxy) is 1. The average molecular weight is 300 g/mol. The number of hydrogen-bond donors (Lipinski definition) is 1. The third-order valence-corrected chi connectivity index (χ3v) is 3.71. The van der Waals surface area contributed by atoms with Gasteiger partial charge in [0.25, 0.3) is 0 Å². The summed E-state index contributed by atoms with van der Waals surface area (Å²) < 4.78 is 5.36. The molecule has 21 heavy (non-hydrogen) atoms. The third kappa shape index (κ3) is 2.62. The van der Waals surface area contributed by atoms with Crippen LogP contribution in [0.25, 0.3) is 11.0 Å². The molecule has 5 heteroatoms. The molecule has 0 spiro atoms. The number of fused-ring (bicyclic) bond motifs is 1. The Labute approximate surface area is 127 Å². The summed E-state index contributed by atoms with van der Waals surface area (Å²) in [7, 11) is 1.62. The summed E-state index contributed by atoms with van der Waals surface area (Å²) in [5.74, 6) is 1.22. The molecular formula is C16H14ClN3O. The number of benzene rings is 1. The quantitative estimate of drug-likeness (QED) is 0.804. The predicted molar refractivity (Wildman–Crippen MR) is 84.8 cm³/mol. The van der Waals surface area contributed by atoms with Crippen molar-refractivity contribution in [1.29, 1.82) is 0 Å². The van der Waals surface area contributed by atoms with Crippen LogP contribution in [0.15, 0.2) is 42.6 Å². The van der Waals surface area contributed by atoms with Gasteiger partial charge in [-0.1, -0.05) is 17.7 Å². The van der Waals surface area contributed by atoms with Crippen LogP contribution < -0.4 is 10.5 Å². The molecule has 0 aliphatic heterocycles. The molecule has 2 N–H and O–H groups in total. The summed E-state index contributed by atoms with van der Waals surface area (Å²) in [6.45, 7) is 0. The molecule has 4 nitrogen and oxygen atoms in total. The Balaban J connectivity index is 2.08. The van der Waals surface area contributed by atoms with Crippen molar-refractivity contribution in [2.45, 2.75) is 6.42 Å². The normalized spacial score (nSPS) is 10.8. The predicted octanol–water partition coefficient (Wildman–Crippen LogP) is 3.46. The first kappa shape index (κ1) is 13.6. The summed E-state index contributed by atoms with van der Waals surface area (Å²) in [5, 5.41) is 0.648. The zero-order chi connectivity index (χ0) is 14.8. The van der Waals surface area contributed by atoms with Crippen LogP contribution >= 0.6 is 11.6 Å². The molecule has 0 aliphatic rings. The first-order valence-electron chi connectivity index (χ1n) is 6.50. The van der Waals surface area contributed by atoms with Crippen molar-refractivity contribution in [3.8, 4) is 5.75 Å². The topological polar surface area (TPSA) is 61.0 Å². The Bertz CT molecular complexity index is 805. The van der Waals surface area contributed by atoms with Crippen LogP contribution in [0.4, 0.5) is 5.82 Å². The lowest BCUT2D eigenvalue weighted by atomic mass is 10.0. The molecule has 3 aromatic rings. The minimum atomic E-state index is 0.484. The number of pyridine rings is 2. The van der Waals surface area contributed by atoms with Gasteiger partial charge in [0, 0.05) is 28.8 Å². The van der Waals surface area contributed by atoms with E-state index in [0.717, 1.165) is 27.9 Å². The number of anilines is 1. The summed E-state index contributed by atoms with van der Waals surface area (Å²) in [4.78, 5) is 8.70. The van der Waals surface area contributed by atoms with Crippen LogP contribution in [0.5, 0.6) is 5.75 Å². The molecule has 2 heterocycles. The van der Waals surface area contributed by atoms with Crippen molar-refractivity contribution in [2.75, 3.05) is 12.8 Å². The number of nitrogen functional groups attached to an aromatic ring is 1. The molecule has 0 radical (unpaired) electrons. The van der Waals surface area contributed by atoms with Gasteiger partial charge < -0.3 is 10.5 Å². The lowest BCUT2D eigenvalue weighted by Gasteiger charge is -2.12. The highest BCUT2D eigenvalue weighted by atomic mass is 35.5. The van der Waals surface area contributed by atoms with E-state index >= 15 is 0 Å². The van der Waals surface area contributed by atoms with E-state index in [4.69, 9.17) is 22.1 Å². The lowest BCUT2D eigenvalue weighted by molar-refractivity contribution is 0.410. The minimum absolute atomic E-state index is 0.484. The zero-order valence-electron chi connectivity index (χ0n) is 11.5. The molecule has 0 atom stereocenters. The average Bonchev–Trinajstić information content (AvgIpc) is 2.49. The second-order valence-electron chi connectivity index (χ2n) is 4.67. The largest absolute Gasteiger partial charge is 0.496 e. The van der Waals surface area contributed by atoms with E-state index in [-0.39, 0.29) is 0 Å². The molecular weight excluding hydrogens is 286 g/mol. The molecule has 0 unspecified atom stereocenters. The van der Waals surface area contributed by atoms with Crippen LogP contribution in [0.2, 0.25) is 5.02 Å². The van der Waals surface area contributed by atoms with Crippen molar-refractivity contribution in [1.82, 2.24) is 9.97 Å². The number of methoxy groups -OCH3 is 1. The number of hydrogen-bond acceptors (Lipinski definition) is 4. The molecule has 3 rings (SSSR count). The Morgan fingerprint density at radius 3 is 2.86 bits per heavy atom. The minimum Gasteiger partial charge on any atom is -0.496 e. The summed E-state index contributed by atoms with van der Waals surface area (Å²) >= 11 is 6.27. The SMILES string of the molecule is COc1cccc(Cl)c1Cc1cc2ncccc2nc1N. The molecule has 106 valence electrons. The monoisotopic (exact) mass is 299 g/mol. The standard InChI is InChI=1S/C16H14ClN3O/c1-21-15-6-2-4-12(17)11(15)8-10-9-14-13(20-16(10)18)5-3-7-19-14/h2-7,9H,8H2,1H3,(H2,18,20). The van der Waals surface area contributed by atoms with Crippen LogP contribution in [-0.4, -0.2) is 17.1 Å². The van der Waals surface area contributed by atoms with E-state index in [0.29, 0.717) is 17.3 Å². The van der Waals surface area contributed by atoms with Gasteiger partial charge in [-0.3, -0.25) is 4.98 Å². The van der Waals surface area contributed by atoms with Gasteiger partial charge >= 0.3 is 0 Å². The maximum absolute atomic E-state index is 6.27. The van der Waals surface area contributed by atoms with Gasteiger partial charge in [-0.25, -0.2) is 4.98 Å². The van der Waals surface area contributed by atoms with Crippen molar-refractivity contribution in [3.05, 3.63) is 58.7 Å².